The summed E-state index contributed by atoms with van der Waals surface area (Å²) in [6.45, 7) is 3.93. The molecule has 0 atom stereocenters. The average molecular weight is 382 g/mol. The first-order valence-electron chi connectivity index (χ1n) is 8.89. The Balaban J connectivity index is 1.77. The van der Waals surface area contributed by atoms with E-state index >= 15 is 0 Å². The Bertz CT molecular complexity index is 1060. The third-order valence-corrected chi connectivity index (χ3v) is 4.47. The molecule has 0 bridgehead atoms. The molecule has 3 aromatic rings. The van der Waals surface area contributed by atoms with Crippen molar-refractivity contribution in [1.82, 2.24) is 9.88 Å². The molecular weight excluding hydrogens is 359 g/mol. The number of nitrogens with one attached hydrogen (secondary N) is 3. The lowest BCUT2D eigenvalue weighted by atomic mass is 10.1. The Morgan fingerprint density at radius 2 is 1.82 bits per heavy atom. The number of carbonyl (C=O) groups excluding carboxylic acids is 2. The van der Waals surface area contributed by atoms with Crippen molar-refractivity contribution in [3.8, 4) is 0 Å². The van der Waals surface area contributed by atoms with E-state index in [0.717, 1.165) is 5.56 Å². The number of rotatable bonds is 5. The van der Waals surface area contributed by atoms with Crippen molar-refractivity contribution in [3.63, 3.8) is 0 Å². The lowest BCUT2D eigenvalue weighted by Crippen LogP contribution is -2.27. The van der Waals surface area contributed by atoms with Crippen LogP contribution in [0.15, 0.2) is 36.4 Å². The second-order valence-corrected chi connectivity index (χ2v) is 7.08. The topological polar surface area (TPSA) is 77.2 Å². The number of benzene rings is 2. The van der Waals surface area contributed by atoms with E-state index in [0.29, 0.717) is 33.5 Å². The van der Waals surface area contributed by atoms with Gasteiger partial charge < -0.3 is 20.5 Å². The van der Waals surface area contributed by atoms with Crippen molar-refractivity contribution in [3.05, 3.63) is 59.0 Å². The quantitative estimate of drug-likeness (QED) is 0.630. The van der Waals surface area contributed by atoms with Gasteiger partial charge in [0, 0.05) is 22.3 Å². The monoisotopic (exact) mass is 382 g/mol. The molecule has 28 heavy (non-hydrogen) atoms. The summed E-state index contributed by atoms with van der Waals surface area (Å²) in [5, 5.41) is 6.38. The summed E-state index contributed by atoms with van der Waals surface area (Å²) < 4.78 is 13.5. The van der Waals surface area contributed by atoms with Crippen LogP contribution in [-0.2, 0) is 4.79 Å². The first-order chi connectivity index (χ1) is 13.2. The van der Waals surface area contributed by atoms with Crippen LogP contribution in [0.3, 0.4) is 0 Å². The predicted octanol–water partition coefficient (Wildman–Crippen LogP) is 3.68. The number of likely N-dealkylation sites (N-methyl/N-ethyl adjacent to an activating group) is 1. The zero-order chi connectivity index (χ0) is 20.4. The van der Waals surface area contributed by atoms with Gasteiger partial charge in [-0.1, -0.05) is 0 Å². The number of aromatic nitrogens is 1. The molecule has 0 saturated carbocycles. The fourth-order valence-electron chi connectivity index (χ4n) is 3.08. The second kappa shape index (κ2) is 7.82. The molecule has 0 aliphatic heterocycles. The van der Waals surface area contributed by atoms with Crippen molar-refractivity contribution in [1.29, 1.82) is 0 Å². The number of halogens is 1. The van der Waals surface area contributed by atoms with Gasteiger partial charge in [0.2, 0.25) is 5.91 Å². The first kappa shape index (κ1) is 19.6. The summed E-state index contributed by atoms with van der Waals surface area (Å²) in [6.07, 6.45) is 0. The molecule has 0 unspecified atom stereocenters. The third kappa shape index (κ3) is 4.20. The number of nitrogens with zero attached hydrogens (tertiary/aromatic N) is 1. The minimum atomic E-state index is -0.343. The molecule has 1 heterocycles. The van der Waals surface area contributed by atoms with E-state index in [2.05, 4.69) is 15.6 Å². The number of anilines is 2. The maximum Gasteiger partial charge on any atom is 0.272 e. The van der Waals surface area contributed by atoms with Crippen molar-refractivity contribution in [2.24, 2.45) is 0 Å². The molecule has 146 valence electrons. The van der Waals surface area contributed by atoms with Gasteiger partial charge in [0.15, 0.2) is 0 Å². The number of carbonyl (C=O) groups is 2. The van der Waals surface area contributed by atoms with Gasteiger partial charge in [-0.2, -0.15) is 0 Å². The zero-order valence-corrected chi connectivity index (χ0v) is 16.3. The summed E-state index contributed by atoms with van der Waals surface area (Å²) in [4.78, 5) is 29.4. The average Bonchev–Trinajstić information content (AvgIpc) is 2.93. The molecule has 0 aliphatic rings. The molecule has 0 aliphatic carbocycles. The van der Waals surface area contributed by atoms with E-state index in [9.17, 15) is 14.0 Å². The Labute approximate surface area is 162 Å². The van der Waals surface area contributed by atoms with Gasteiger partial charge in [0.05, 0.1) is 6.54 Å². The molecule has 0 fully saturated rings. The zero-order valence-electron chi connectivity index (χ0n) is 16.3. The Hall–Kier alpha value is -3.19. The van der Waals surface area contributed by atoms with Gasteiger partial charge in [-0.05, 0) is 75.5 Å². The van der Waals surface area contributed by atoms with Crippen molar-refractivity contribution in [2.45, 2.75) is 13.8 Å². The van der Waals surface area contributed by atoms with Crippen LogP contribution in [0.1, 0.15) is 21.6 Å². The summed E-state index contributed by atoms with van der Waals surface area (Å²) in [7, 11) is 3.65. The summed E-state index contributed by atoms with van der Waals surface area (Å²) in [5.74, 6) is -0.757. The molecule has 0 spiro atoms. The molecule has 1 aromatic heterocycles. The summed E-state index contributed by atoms with van der Waals surface area (Å²) in [5.41, 5.74) is 3.93. The second-order valence-electron chi connectivity index (χ2n) is 7.08. The lowest BCUT2D eigenvalue weighted by molar-refractivity contribution is -0.116. The summed E-state index contributed by atoms with van der Waals surface area (Å²) in [6, 6.07) is 9.66. The van der Waals surface area contributed by atoms with Gasteiger partial charge in [0.25, 0.3) is 5.91 Å². The first-order valence-corrected chi connectivity index (χ1v) is 8.89. The van der Waals surface area contributed by atoms with Crippen molar-refractivity contribution < 1.29 is 14.0 Å². The highest BCUT2D eigenvalue weighted by Crippen LogP contribution is 2.24. The van der Waals surface area contributed by atoms with Crippen LogP contribution in [0.5, 0.6) is 0 Å². The predicted molar refractivity (Wildman–Crippen MR) is 109 cm³/mol. The largest absolute Gasteiger partial charge is 0.350 e. The number of H-pyrrole nitrogens is 1. The molecular formula is C21H23FN4O2. The van der Waals surface area contributed by atoms with E-state index < -0.39 is 0 Å². The van der Waals surface area contributed by atoms with Crippen LogP contribution in [0.4, 0.5) is 15.8 Å². The molecule has 0 saturated heterocycles. The van der Waals surface area contributed by atoms with Gasteiger partial charge in [-0.15, -0.1) is 0 Å². The van der Waals surface area contributed by atoms with E-state index in [4.69, 9.17) is 0 Å². The molecule has 7 heteroatoms. The highest BCUT2D eigenvalue weighted by atomic mass is 19.1. The Morgan fingerprint density at radius 1 is 1.07 bits per heavy atom. The van der Waals surface area contributed by atoms with Crippen LogP contribution < -0.4 is 10.6 Å². The smallest absolute Gasteiger partial charge is 0.272 e. The number of aromatic amines is 1. The van der Waals surface area contributed by atoms with Crippen LogP contribution in [0.25, 0.3) is 10.9 Å². The minimum absolute atomic E-state index is 0.106. The highest BCUT2D eigenvalue weighted by Gasteiger charge is 2.16. The molecule has 3 rings (SSSR count). The van der Waals surface area contributed by atoms with Crippen LogP contribution in [0, 0.1) is 19.7 Å². The van der Waals surface area contributed by atoms with Gasteiger partial charge in [-0.3, -0.25) is 9.59 Å². The number of fused-ring (bicyclic) bond motifs is 1. The SMILES string of the molecule is Cc1cc(NC(=O)c2[nH]c3ccc(F)cc3c2C)ccc1NC(=O)CN(C)C. The fraction of sp³-hybridized carbons (Fsp3) is 0.238. The highest BCUT2D eigenvalue weighted by molar-refractivity contribution is 6.08. The Kier molecular flexibility index (Phi) is 5.46. The molecule has 2 aromatic carbocycles. The molecule has 2 amide bonds. The third-order valence-electron chi connectivity index (χ3n) is 4.47. The van der Waals surface area contributed by atoms with E-state index in [1.54, 1.807) is 36.1 Å². The fourth-order valence-corrected chi connectivity index (χ4v) is 3.08. The normalized spacial score (nSPS) is 11.1. The van der Waals surface area contributed by atoms with Crippen LogP contribution in [0.2, 0.25) is 0 Å². The maximum absolute atomic E-state index is 13.5. The molecule has 6 nitrogen and oxygen atoms in total. The number of amides is 2. The standard InChI is InChI=1S/C21H23FN4O2/c1-12-9-15(6-8-17(12)24-19(27)11-26(3)4)23-21(28)20-13(2)16-10-14(22)5-7-18(16)25-20/h5-10,25H,11H2,1-4H3,(H,23,28)(H,24,27). The number of hydrogen-bond acceptors (Lipinski definition) is 3. The van der Waals surface area contributed by atoms with Gasteiger partial charge in [0.1, 0.15) is 11.5 Å². The van der Waals surface area contributed by atoms with Crippen LogP contribution in [-0.4, -0.2) is 42.3 Å². The van der Waals surface area contributed by atoms with Gasteiger partial charge in [-0.25, -0.2) is 4.39 Å². The minimum Gasteiger partial charge on any atom is -0.350 e. The van der Waals surface area contributed by atoms with E-state index in [1.807, 2.05) is 21.0 Å². The Morgan fingerprint density at radius 3 is 2.50 bits per heavy atom. The maximum atomic E-state index is 13.5. The summed E-state index contributed by atoms with van der Waals surface area (Å²) >= 11 is 0. The molecule has 3 N–H and O–H groups in total. The van der Waals surface area contributed by atoms with Gasteiger partial charge >= 0.3 is 0 Å². The number of hydrogen-bond donors (Lipinski definition) is 3. The van der Waals surface area contributed by atoms with Crippen molar-refractivity contribution >= 4 is 34.1 Å². The number of aryl methyl sites for hydroxylation is 2. The van der Waals surface area contributed by atoms with E-state index in [1.165, 1.54) is 12.1 Å². The van der Waals surface area contributed by atoms with Crippen molar-refractivity contribution in [2.75, 3.05) is 31.3 Å². The van der Waals surface area contributed by atoms with E-state index in [-0.39, 0.29) is 24.2 Å². The molecule has 0 radical (unpaired) electrons. The lowest BCUT2D eigenvalue weighted by Gasteiger charge is -2.13. The van der Waals surface area contributed by atoms with Crippen LogP contribution >= 0.6 is 0 Å².